The molecule has 0 spiro atoms. The maximum atomic E-state index is 2.77. The van der Waals surface area contributed by atoms with Crippen molar-refractivity contribution >= 4 is 79.0 Å². The number of aromatic nitrogens is 1. The van der Waals surface area contributed by atoms with Crippen LogP contribution in [0.15, 0.2) is 194 Å². The van der Waals surface area contributed by atoms with Gasteiger partial charge in [0.1, 0.15) is 0 Å². The molecule has 0 amide bonds. The van der Waals surface area contributed by atoms with E-state index in [0.29, 0.717) is 0 Å². The van der Waals surface area contributed by atoms with Crippen LogP contribution in [0.4, 0.5) is 22.7 Å². The van der Waals surface area contributed by atoms with Gasteiger partial charge in [0.05, 0.1) is 16.7 Å². The SMILES string of the molecule is CC1(C)C(c2ccccc2)=C(c2ccccc2)C2=C1c1cc(C(C)(C)C)cc3c1B(c1ccc(N(c4ccccc4)c4ccccc4)c4c5cc(C(C)(C)C)ccc5n-3c14)N2c1ccc(C(C)(C)C)cc1. The van der Waals surface area contributed by atoms with Gasteiger partial charge in [0.25, 0.3) is 0 Å². The Bertz CT molecular complexity index is 3590. The van der Waals surface area contributed by atoms with E-state index in [1.165, 1.54) is 106 Å². The zero-order valence-corrected chi connectivity index (χ0v) is 43.3. The van der Waals surface area contributed by atoms with Crippen molar-refractivity contribution in [3.05, 3.63) is 227 Å². The summed E-state index contributed by atoms with van der Waals surface area (Å²) in [6.07, 6.45) is 0. The van der Waals surface area contributed by atoms with Crippen LogP contribution in [0.2, 0.25) is 0 Å². The molecular weight excluding hydrogens is 858 g/mol. The molecule has 3 nitrogen and oxygen atoms in total. The molecule has 0 saturated carbocycles. The minimum atomic E-state index is -0.383. The van der Waals surface area contributed by atoms with Crippen LogP contribution in [0.1, 0.15) is 110 Å². The largest absolute Gasteiger partial charge is 0.376 e. The third kappa shape index (κ3) is 6.92. The zero-order chi connectivity index (χ0) is 49.4. The lowest BCUT2D eigenvalue weighted by molar-refractivity contribution is 0.589. The highest BCUT2D eigenvalue weighted by molar-refractivity contribution is 6.93. The Morgan fingerprint density at radius 1 is 0.493 bits per heavy atom. The summed E-state index contributed by atoms with van der Waals surface area (Å²) in [5.41, 5.74) is 23.7. The second-order valence-electron chi connectivity index (χ2n) is 23.8. The van der Waals surface area contributed by atoms with Gasteiger partial charge < -0.3 is 14.3 Å². The Morgan fingerprint density at radius 3 is 1.59 bits per heavy atom. The minimum Gasteiger partial charge on any atom is -0.376 e. The number of hydrogen-bond acceptors (Lipinski definition) is 2. The highest BCUT2D eigenvalue weighted by Crippen LogP contribution is 2.61. The summed E-state index contributed by atoms with van der Waals surface area (Å²) in [4.78, 5) is 5.25. The van der Waals surface area contributed by atoms with E-state index >= 15 is 0 Å². The summed E-state index contributed by atoms with van der Waals surface area (Å²) in [5, 5.41) is 2.54. The van der Waals surface area contributed by atoms with Crippen LogP contribution in [0, 0.1) is 5.41 Å². The van der Waals surface area contributed by atoms with E-state index in [2.05, 4.69) is 278 Å². The third-order valence-electron chi connectivity index (χ3n) is 15.8. The standard InChI is InChI=1S/C67H64BN3/c1-64(2,3)45-32-35-50(36-33-45)71-63-57(43-24-16-12-17-25-43)59(44-26-18-13-19-27-44)67(10,11)60(63)52-41-47(66(7,8)9)42-56-61(52)68(71)53-37-39-55(69(48-28-20-14-21-29-48)49-30-22-15-23-31-49)58-51-40-46(65(4,5)6)34-38-54(51)70(56)62(53)58/h12-42H,1-11H3. The van der Waals surface area contributed by atoms with E-state index in [9.17, 15) is 0 Å². The van der Waals surface area contributed by atoms with E-state index in [4.69, 9.17) is 0 Å². The predicted molar refractivity (Wildman–Crippen MR) is 306 cm³/mol. The van der Waals surface area contributed by atoms with Crippen LogP contribution in [0.3, 0.4) is 0 Å². The number of fused-ring (bicyclic) bond motifs is 6. The van der Waals surface area contributed by atoms with E-state index in [0.717, 1.165) is 11.4 Å². The first kappa shape index (κ1) is 44.9. The monoisotopic (exact) mass is 922 g/mol. The number of nitrogens with zero attached hydrogens (tertiary/aromatic N) is 3. The molecule has 3 heterocycles. The van der Waals surface area contributed by atoms with Crippen molar-refractivity contribution in [2.45, 2.75) is 92.4 Å². The highest BCUT2D eigenvalue weighted by Gasteiger charge is 2.53. The van der Waals surface area contributed by atoms with E-state index in [1.807, 2.05) is 0 Å². The maximum Gasteiger partial charge on any atom is 0.333 e. The molecule has 0 radical (unpaired) electrons. The van der Waals surface area contributed by atoms with E-state index in [-0.39, 0.29) is 28.5 Å². The Labute approximate surface area is 421 Å². The van der Waals surface area contributed by atoms with Gasteiger partial charge in [-0.25, -0.2) is 0 Å². The topological polar surface area (TPSA) is 11.4 Å². The fourth-order valence-electron chi connectivity index (χ4n) is 12.2. The van der Waals surface area contributed by atoms with Crippen molar-refractivity contribution in [3.8, 4) is 5.69 Å². The molecule has 9 aromatic rings. The van der Waals surface area contributed by atoms with Gasteiger partial charge >= 0.3 is 6.85 Å². The van der Waals surface area contributed by atoms with Gasteiger partial charge in [0.2, 0.25) is 0 Å². The second-order valence-corrected chi connectivity index (χ2v) is 23.8. The molecule has 0 N–H and O–H groups in total. The number of rotatable bonds is 6. The number of hydrogen-bond donors (Lipinski definition) is 0. The van der Waals surface area contributed by atoms with Crippen molar-refractivity contribution in [3.63, 3.8) is 0 Å². The smallest absolute Gasteiger partial charge is 0.333 e. The molecule has 71 heavy (non-hydrogen) atoms. The summed E-state index contributed by atoms with van der Waals surface area (Å²) in [5.74, 6) is 0. The Kier molecular flexibility index (Phi) is 10.0. The molecule has 12 rings (SSSR count). The van der Waals surface area contributed by atoms with Crippen molar-refractivity contribution < 1.29 is 0 Å². The van der Waals surface area contributed by atoms with Gasteiger partial charge in [-0.2, -0.15) is 0 Å². The third-order valence-corrected chi connectivity index (χ3v) is 15.8. The summed E-state index contributed by atoms with van der Waals surface area (Å²) < 4.78 is 2.67. The van der Waals surface area contributed by atoms with Crippen molar-refractivity contribution in [1.82, 2.24) is 4.57 Å². The molecule has 0 fully saturated rings. The van der Waals surface area contributed by atoms with Crippen LogP contribution in [-0.4, -0.2) is 11.4 Å². The Balaban J connectivity index is 1.28. The highest BCUT2D eigenvalue weighted by atomic mass is 15.2. The average Bonchev–Trinajstić information content (AvgIpc) is 3.83. The average molecular weight is 922 g/mol. The number of benzene rings is 8. The fraction of sp³-hybridized carbons (Fsp3) is 0.224. The van der Waals surface area contributed by atoms with E-state index < -0.39 is 0 Å². The number of anilines is 4. The molecule has 0 bridgehead atoms. The van der Waals surface area contributed by atoms with Gasteiger partial charge in [-0.05, 0) is 132 Å². The lowest BCUT2D eigenvalue weighted by Crippen LogP contribution is -2.62. The number of para-hydroxylation sites is 2. The molecule has 4 heteroatoms. The van der Waals surface area contributed by atoms with Gasteiger partial charge in [-0.3, -0.25) is 0 Å². The first-order chi connectivity index (χ1) is 33.9. The summed E-state index contributed by atoms with van der Waals surface area (Å²) >= 11 is 0. The molecular formula is C67H64BN3. The second kappa shape index (κ2) is 15.9. The van der Waals surface area contributed by atoms with Crippen molar-refractivity contribution in [2.24, 2.45) is 5.41 Å². The molecule has 3 aliphatic rings. The molecule has 2 aliphatic heterocycles. The molecule has 0 unspecified atom stereocenters. The molecule has 0 atom stereocenters. The van der Waals surface area contributed by atoms with Gasteiger partial charge in [-0.15, -0.1) is 0 Å². The Morgan fingerprint density at radius 2 is 1.03 bits per heavy atom. The van der Waals surface area contributed by atoms with Crippen LogP contribution < -0.4 is 20.6 Å². The molecule has 1 aliphatic carbocycles. The maximum absolute atomic E-state index is 2.77. The Hall–Kier alpha value is -7.30. The fourth-order valence-corrected chi connectivity index (χ4v) is 12.2. The molecule has 0 saturated heterocycles. The van der Waals surface area contributed by atoms with E-state index in [1.54, 1.807) is 0 Å². The van der Waals surface area contributed by atoms with Crippen molar-refractivity contribution in [1.29, 1.82) is 0 Å². The zero-order valence-electron chi connectivity index (χ0n) is 43.3. The first-order valence-corrected chi connectivity index (χ1v) is 25.6. The van der Waals surface area contributed by atoms with Crippen molar-refractivity contribution in [2.75, 3.05) is 9.71 Å². The molecule has 1 aromatic heterocycles. The van der Waals surface area contributed by atoms with Crippen LogP contribution >= 0.6 is 0 Å². The first-order valence-electron chi connectivity index (χ1n) is 25.6. The summed E-state index contributed by atoms with van der Waals surface area (Å²) in [6.45, 7) is 25.9. The van der Waals surface area contributed by atoms with Gasteiger partial charge in [0, 0.05) is 50.2 Å². The lowest BCUT2D eigenvalue weighted by Gasteiger charge is -2.45. The summed E-state index contributed by atoms with van der Waals surface area (Å²) in [6, 6.07) is 71.3. The molecule has 8 aromatic carbocycles. The van der Waals surface area contributed by atoms with Gasteiger partial charge in [-0.1, -0.05) is 204 Å². The lowest BCUT2D eigenvalue weighted by atomic mass is 9.43. The number of allylic oxidation sites excluding steroid dienone is 3. The normalized spacial score (nSPS) is 15.2. The minimum absolute atomic E-state index is 0.00196. The predicted octanol–water partition coefficient (Wildman–Crippen LogP) is 16.4. The van der Waals surface area contributed by atoms with Crippen LogP contribution in [0.5, 0.6) is 0 Å². The summed E-state index contributed by atoms with van der Waals surface area (Å²) in [7, 11) is 0. The molecule has 350 valence electrons. The van der Waals surface area contributed by atoms with Gasteiger partial charge in [0.15, 0.2) is 0 Å². The van der Waals surface area contributed by atoms with Crippen LogP contribution in [0.25, 0.3) is 44.2 Å². The van der Waals surface area contributed by atoms with Crippen LogP contribution in [-0.2, 0) is 16.2 Å². The quantitative estimate of drug-likeness (QED) is 0.154.